The van der Waals surface area contributed by atoms with Crippen LogP contribution in [0.3, 0.4) is 0 Å². The molecule has 1 rings (SSSR count). The summed E-state index contributed by atoms with van der Waals surface area (Å²) in [7, 11) is 1.22. The fourth-order valence-electron chi connectivity index (χ4n) is 1.47. The smallest absolute Gasteiger partial charge is 0.331 e. The zero-order valence-electron chi connectivity index (χ0n) is 10.3. The molecule has 0 aliphatic carbocycles. The molecule has 1 fully saturated rings. The lowest BCUT2D eigenvalue weighted by Gasteiger charge is -2.32. The number of hydrogen-bond acceptors (Lipinski definition) is 6. The van der Waals surface area contributed by atoms with E-state index in [4.69, 9.17) is 9.47 Å². The van der Waals surface area contributed by atoms with E-state index in [1.807, 2.05) is 0 Å². The largest absolute Gasteiger partial charge is 0.466 e. The minimum Gasteiger partial charge on any atom is -0.466 e. The molecule has 0 aromatic carbocycles. The van der Waals surface area contributed by atoms with Gasteiger partial charge < -0.3 is 14.2 Å². The van der Waals surface area contributed by atoms with Crippen LogP contribution in [0.4, 0.5) is 0 Å². The second kappa shape index (κ2) is 7.10. The molecule has 0 amide bonds. The van der Waals surface area contributed by atoms with Crippen molar-refractivity contribution in [1.82, 2.24) is 0 Å². The first-order valence-electron chi connectivity index (χ1n) is 5.65. The lowest BCUT2D eigenvalue weighted by Crippen LogP contribution is -2.54. The van der Waals surface area contributed by atoms with Crippen LogP contribution in [0.1, 0.15) is 0 Å². The van der Waals surface area contributed by atoms with E-state index in [0.717, 1.165) is 12.2 Å². The third-order valence-electron chi connectivity index (χ3n) is 2.61. The van der Waals surface area contributed by atoms with Gasteiger partial charge in [0.05, 0.1) is 20.3 Å². The molecule has 7 heteroatoms. The van der Waals surface area contributed by atoms with Crippen molar-refractivity contribution in [2.45, 2.75) is 0 Å². The van der Waals surface area contributed by atoms with Gasteiger partial charge in [0.15, 0.2) is 0 Å². The van der Waals surface area contributed by atoms with Crippen LogP contribution < -0.4 is 0 Å². The van der Waals surface area contributed by atoms with Gasteiger partial charge in [0, 0.05) is 12.2 Å². The van der Waals surface area contributed by atoms with Crippen molar-refractivity contribution in [3.8, 4) is 0 Å². The first-order chi connectivity index (χ1) is 8.56. The van der Waals surface area contributed by atoms with E-state index in [0.29, 0.717) is 32.8 Å². The number of esters is 2. The Bertz CT molecular complexity index is 321. The van der Waals surface area contributed by atoms with Crippen molar-refractivity contribution in [3.63, 3.8) is 0 Å². The van der Waals surface area contributed by atoms with Crippen LogP contribution in [0.25, 0.3) is 0 Å². The molecule has 1 saturated heterocycles. The second-order valence-electron chi connectivity index (χ2n) is 3.90. The highest BCUT2D eigenvalue weighted by molar-refractivity contribution is 5.91. The Kier molecular flexibility index (Phi) is 5.76. The Morgan fingerprint density at radius 3 is 2.50 bits per heavy atom. The standard InChI is InChI=1S/C11H18NO6/c1-16-10(13)2-3-11(14)18-9-6-12(15)4-7-17-8-5-12/h2-3,15H,4-9H2,1H3/q+1/b3-2+. The van der Waals surface area contributed by atoms with Crippen LogP contribution in [-0.2, 0) is 23.8 Å². The molecule has 1 aliphatic rings. The maximum absolute atomic E-state index is 11.2. The summed E-state index contributed by atoms with van der Waals surface area (Å²) in [6, 6.07) is 0. The Labute approximate surface area is 105 Å². The van der Waals surface area contributed by atoms with Gasteiger partial charge in [-0.2, -0.15) is 4.65 Å². The average molecular weight is 260 g/mol. The van der Waals surface area contributed by atoms with Gasteiger partial charge in [0.2, 0.25) is 0 Å². The number of quaternary nitrogens is 1. The van der Waals surface area contributed by atoms with Gasteiger partial charge >= 0.3 is 11.9 Å². The van der Waals surface area contributed by atoms with Crippen molar-refractivity contribution in [3.05, 3.63) is 12.2 Å². The first-order valence-corrected chi connectivity index (χ1v) is 5.65. The maximum Gasteiger partial charge on any atom is 0.331 e. The molecule has 102 valence electrons. The maximum atomic E-state index is 11.2. The highest BCUT2D eigenvalue weighted by Gasteiger charge is 2.28. The molecule has 0 unspecified atom stereocenters. The number of nitrogens with zero attached hydrogens (tertiary/aromatic N) is 1. The molecule has 0 bridgehead atoms. The average Bonchev–Trinajstić information content (AvgIpc) is 2.36. The van der Waals surface area contributed by atoms with Crippen LogP contribution in [0, 0.1) is 0 Å². The Morgan fingerprint density at radius 2 is 1.89 bits per heavy atom. The zero-order chi connectivity index (χ0) is 13.4. The number of carbonyl (C=O) groups is 2. The summed E-state index contributed by atoms with van der Waals surface area (Å²) in [6.45, 7) is 2.34. The van der Waals surface area contributed by atoms with Crippen LogP contribution in [0.5, 0.6) is 0 Å². The van der Waals surface area contributed by atoms with Gasteiger partial charge in [-0.15, -0.1) is 0 Å². The van der Waals surface area contributed by atoms with Crippen molar-refractivity contribution in [2.24, 2.45) is 0 Å². The molecular weight excluding hydrogens is 242 g/mol. The van der Waals surface area contributed by atoms with E-state index in [1.165, 1.54) is 7.11 Å². The molecule has 1 N–H and O–H groups in total. The Morgan fingerprint density at radius 1 is 1.28 bits per heavy atom. The number of morpholine rings is 1. The normalized spacial score (nSPS) is 18.6. The quantitative estimate of drug-likeness (QED) is 0.407. The van der Waals surface area contributed by atoms with E-state index in [9.17, 15) is 14.8 Å². The number of rotatable bonds is 5. The van der Waals surface area contributed by atoms with Crippen LogP contribution in [-0.4, -0.2) is 68.4 Å². The molecule has 0 aromatic heterocycles. The van der Waals surface area contributed by atoms with Gasteiger partial charge in [0.25, 0.3) is 0 Å². The summed E-state index contributed by atoms with van der Waals surface area (Å²) < 4.78 is 14.1. The SMILES string of the molecule is COC(=O)/C=C/C(=O)OCC[N+]1(O)CCOCC1. The van der Waals surface area contributed by atoms with Crippen molar-refractivity contribution >= 4 is 11.9 Å². The van der Waals surface area contributed by atoms with Gasteiger partial charge in [-0.25, -0.2) is 14.8 Å². The van der Waals surface area contributed by atoms with Crippen molar-refractivity contribution in [1.29, 1.82) is 0 Å². The third-order valence-corrected chi connectivity index (χ3v) is 2.61. The van der Waals surface area contributed by atoms with Gasteiger partial charge in [-0.3, -0.25) is 0 Å². The summed E-state index contributed by atoms with van der Waals surface area (Å²) in [4.78, 5) is 21.9. The number of hydroxylamine groups is 3. The molecule has 0 radical (unpaired) electrons. The van der Waals surface area contributed by atoms with E-state index in [1.54, 1.807) is 0 Å². The lowest BCUT2D eigenvalue weighted by molar-refractivity contribution is -1.11. The minimum atomic E-state index is -0.639. The monoisotopic (exact) mass is 260 g/mol. The molecule has 0 atom stereocenters. The lowest BCUT2D eigenvalue weighted by atomic mass is 10.4. The molecule has 7 nitrogen and oxygen atoms in total. The highest BCUT2D eigenvalue weighted by atomic mass is 16.6. The topological polar surface area (TPSA) is 82.1 Å². The fraction of sp³-hybridized carbons (Fsp3) is 0.636. The van der Waals surface area contributed by atoms with Gasteiger partial charge in [0.1, 0.15) is 26.2 Å². The zero-order valence-corrected chi connectivity index (χ0v) is 10.3. The van der Waals surface area contributed by atoms with E-state index < -0.39 is 11.9 Å². The third kappa shape index (κ3) is 5.26. The van der Waals surface area contributed by atoms with Crippen LogP contribution >= 0.6 is 0 Å². The second-order valence-corrected chi connectivity index (χ2v) is 3.90. The summed E-state index contributed by atoms with van der Waals surface area (Å²) >= 11 is 0. The van der Waals surface area contributed by atoms with Crippen molar-refractivity contribution in [2.75, 3.05) is 46.6 Å². The summed E-state index contributed by atoms with van der Waals surface area (Å²) in [5, 5.41) is 10.0. The number of hydrogen-bond donors (Lipinski definition) is 1. The molecular formula is C11H18NO6+. The van der Waals surface area contributed by atoms with E-state index in [2.05, 4.69) is 4.74 Å². The molecule has 0 spiro atoms. The van der Waals surface area contributed by atoms with Crippen molar-refractivity contribution < 1.29 is 33.7 Å². The minimum absolute atomic E-state index is 0.0842. The number of carbonyl (C=O) groups excluding carboxylic acids is 2. The van der Waals surface area contributed by atoms with Crippen LogP contribution in [0.2, 0.25) is 0 Å². The Balaban J connectivity index is 2.22. The fourth-order valence-corrected chi connectivity index (χ4v) is 1.47. The predicted molar refractivity (Wildman–Crippen MR) is 59.6 cm³/mol. The van der Waals surface area contributed by atoms with E-state index in [-0.39, 0.29) is 11.3 Å². The molecule has 1 heterocycles. The molecule has 18 heavy (non-hydrogen) atoms. The van der Waals surface area contributed by atoms with Gasteiger partial charge in [-0.05, 0) is 0 Å². The number of methoxy groups -OCH3 is 1. The molecule has 0 aromatic rings. The summed E-state index contributed by atoms with van der Waals surface area (Å²) in [5.41, 5.74) is 0. The summed E-state index contributed by atoms with van der Waals surface area (Å²) in [6.07, 6.45) is 1.98. The Hall–Kier alpha value is -1.44. The highest BCUT2D eigenvalue weighted by Crippen LogP contribution is 2.06. The molecule has 0 saturated carbocycles. The summed E-state index contributed by atoms with van der Waals surface area (Å²) in [5.74, 6) is -1.26. The first kappa shape index (κ1) is 14.6. The molecule has 1 aliphatic heterocycles. The van der Waals surface area contributed by atoms with Gasteiger partial charge in [-0.1, -0.05) is 0 Å². The van der Waals surface area contributed by atoms with E-state index >= 15 is 0 Å². The number of ether oxygens (including phenoxy) is 3. The van der Waals surface area contributed by atoms with Crippen LogP contribution in [0.15, 0.2) is 12.2 Å². The predicted octanol–water partition coefficient (Wildman–Crippen LogP) is -0.505.